The van der Waals surface area contributed by atoms with Crippen molar-refractivity contribution in [3.63, 3.8) is 0 Å². The molecule has 1 aliphatic heterocycles. The van der Waals surface area contributed by atoms with Crippen LogP contribution in [0.25, 0.3) is 10.9 Å². The Balaban J connectivity index is 1.88. The third kappa shape index (κ3) is 2.06. The van der Waals surface area contributed by atoms with Crippen LogP contribution in [0.2, 0.25) is 0 Å². The number of halogens is 1. The van der Waals surface area contributed by atoms with Crippen LogP contribution in [0.3, 0.4) is 0 Å². The van der Waals surface area contributed by atoms with Crippen molar-refractivity contribution in [2.45, 2.75) is 25.8 Å². The standard InChI is InChI=1S/C18H17FN2O/c1-12-11-16(13-5-2-6-14(19)18(13)20-12)21-9-3-7-15(21)17-8-4-10-22-17/h2,4-6,8,10-11,15H,3,7,9H2,1H3. The van der Waals surface area contributed by atoms with Gasteiger partial charge in [0.05, 0.1) is 12.3 Å². The second kappa shape index (κ2) is 5.13. The Morgan fingerprint density at radius 2 is 2.18 bits per heavy atom. The summed E-state index contributed by atoms with van der Waals surface area (Å²) < 4.78 is 19.7. The van der Waals surface area contributed by atoms with E-state index in [9.17, 15) is 4.39 Å². The summed E-state index contributed by atoms with van der Waals surface area (Å²) in [6, 6.07) is 11.3. The van der Waals surface area contributed by atoms with Crippen molar-refractivity contribution in [1.29, 1.82) is 0 Å². The van der Waals surface area contributed by atoms with Gasteiger partial charge in [-0.1, -0.05) is 12.1 Å². The van der Waals surface area contributed by atoms with Gasteiger partial charge in [-0.05, 0) is 44.0 Å². The van der Waals surface area contributed by atoms with Gasteiger partial charge in [-0.3, -0.25) is 0 Å². The number of hydrogen-bond acceptors (Lipinski definition) is 3. The number of aromatic nitrogens is 1. The highest BCUT2D eigenvalue weighted by atomic mass is 19.1. The Hall–Kier alpha value is -2.36. The van der Waals surface area contributed by atoms with Gasteiger partial charge in [0.1, 0.15) is 17.1 Å². The monoisotopic (exact) mass is 296 g/mol. The molecule has 1 fully saturated rings. The first kappa shape index (κ1) is 13.3. The maximum atomic E-state index is 14.1. The number of rotatable bonds is 2. The molecule has 1 aromatic carbocycles. The summed E-state index contributed by atoms with van der Waals surface area (Å²) in [7, 11) is 0. The molecule has 3 aromatic rings. The average molecular weight is 296 g/mol. The van der Waals surface area contributed by atoms with Crippen molar-refractivity contribution in [3.8, 4) is 0 Å². The molecule has 1 aliphatic rings. The molecule has 4 heteroatoms. The van der Waals surface area contributed by atoms with Crippen molar-refractivity contribution < 1.29 is 8.81 Å². The molecule has 3 heterocycles. The Kier molecular flexibility index (Phi) is 3.10. The second-order valence-electron chi connectivity index (χ2n) is 5.79. The van der Waals surface area contributed by atoms with E-state index in [0.29, 0.717) is 5.52 Å². The molecule has 0 N–H and O–H groups in total. The molecule has 2 aromatic heterocycles. The number of furan rings is 1. The summed E-state index contributed by atoms with van der Waals surface area (Å²) in [6.07, 6.45) is 3.86. The number of aryl methyl sites for hydroxylation is 1. The normalized spacial score (nSPS) is 18.3. The van der Waals surface area contributed by atoms with Crippen LogP contribution in [0.5, 0.6) is 0 Å². The lowest BCUT2D eigenvalue weighted by Gasteiger charge is -2.27. The summed E-state index contributed by atoms with van der Waals surface area (Å²) in [5, 5.41) is 0.865. The minimum Gasteiger partial charge on any atom is -0.467 e. The molecule has 0 aliphatic carbocycles. The third-order valence-corrected chi connectivity index (χ3v) is 4.33. The highest BCUT2D eigenvalue weighted by Crippen LogP contribution is 2.39. The Morgan fingerprint density at radius 1 is 1.27 bits per heavy atom. The Bertz CT molecular complexity index is 813. The van der Waals surface area contributed by atoms with Gasteiger partial charge in [0, 0.05) is 23.3 Å². The van der Waals surface area contributed by atoms with Crippen molar-refractivity contribution >= 4 is 16.6 Å². The van der Waals surface area contributed by atoms with E-state index in [2.05, 4.69) is 9.88 Å². The van der Waals surface area contributed by atoms with E-state index in [0.717, 1.165) is 41.9 Å². The van der Waals surface area contributed by atoms with Crippen LogP contribution in [-0.2, 0) is 0 Å². The maximum absolute atomic E-state index is 14.1. The van der Waals surface area contributed by atoms with Gasteiger partial charge >= 0.3 is 0 Å². The van der Waals surface area contributed by atoms with Gasteiger partial charge in [0.15, 0.2) is 0 Å². The average Bonchev–Trinajstić information content (AvgIpc) is 3.18. The molecule has 4 rings (SSSR count). The quantitative estimate of drug-likeness (QED) is 0.691. The van der Waals surface area contributed by atoms with Crippen molar-refractivity contribution in [2.75, 3.05) is 11.4 Å². The largest absolute Gasteiger partial charge is 0.467 e. The zero-order chi connectivity index (χ0) is 15.1. The molecular formula is C18H17FN2O. The molecule has 0 saturated carbocycles. The van der Waals surface area contributed by atoms with Crippen LogP contribution in [0.4, 0.5) is 10.1 Å². The second-order valence-corrected chi connectivity index (χ2v) is 5.79. The minimum atomic E-state index is -0.267. The molecule has 1 atom stereocenters. The van der Waals surface area contributed by atoms with E-state index in [1.807, 2.05) is 31.2 Å². The topological polar surface area (TPSA) is 29.3 Å². The smallest absolute Gasteiger partial charge is 0.149 e. The summed E-state index contributed by atoms with van der Waals surface area (Å²) in [4.78, 5) is 6.68. The zero-order valence-electron chi connectivity index (χ0n) is 12.4. The highest BCUT2D eigenvalue weighted by molar-refractivity contribution is 5.92. The van der Waals surface area contributed by atoms with Gasteiger partial charge in [0.25, 0.3) is 0 Å². The fraction of sp³-hybridized carbons (Fsp3) is 0.278. The predicted octanol–water partition coefficient (Wildman–Crippen LogP) is 4.62. The molecule has 1 unspecified atom stereocenters. The zero-order valence-corrected chi connectivity index (χ0v) is 12.4. The molecule has 22 heavy (non-hydrogen) atoms. The number of pyridine rings is 1. The minimum absolute atomic E-state index is 0.211. The molecular weight excluding hydrogens is 279 g/mol. The first-order valence-electron chi connectivity index (χ1n) is 7.60. The third-order valence-electron chi connectivity index (χ3n) is 4.33. The van der Waals surface area contributed by atoms with Crippen LogP contribution >= 0.6 is 0 Å². The van der Waals surface area contributed by atoms with Gasteiger partial charge in [0.2, 0.25) is 0 Å². The first-order chi connectivity index (χ1) is 10.7. The summed E-state index contributed by atoms with van der Waals surface area (Å²) in [5.74, 6) is 0.702. The van der Waals surface area contributed by atoms with Crippen LogP contribution in [0, 0.1) is 12.7 Å². The fourth-order valence-electron chi connectivity index (χ4n) is 3.39. The molecule has 0 amide bonds. The van der Waals surface area contributed by atoms with Crippen molar-refractivity contribution in [1.82, 2.24) is 4.98 Å². The Morgan fingerprint density at radius 3 is 3.00 bits per heavy atom. The van der Waals surface area contributed by atoms with Gasteiger partial charge in [-0.25, -0.2) is 9.37 Å². The Labute approximate surface area is 128 Å². The summed E-state index contributed by atoms with van der Waals surface area (Å²) in [5.41, 5.74) is 2.32. The number of fused-ring (bicyclic) bond motifs is 1. The number of anilines is 1. The number of hydrogen-bond donors (Lipinski definition) is 0. The van der Waals surface area contributed by atoms with Crippen molar-refractivity contribution in [2.24, 2.45) is 0 Å². The summed E-state index contributed by atoms with van der Waals surface area (Å²) >= 11 is 0. The molecule has 3 nitrogen and oxygen atoms in total. The van der Waals surface area contributed by atoms with Gasteiger partial charge in [-0.2, -0.15) is 0 Å². The van der Waals surface area contributed by atoms with E-state index in [1.165, 1.54) is 6.07 Å². The number of nitrogens with zero attached hydrogens (tertiary/aromatic N) is 2. The van der Waals surface area contributed by atoms with Crippen LogP contribution in [-0.4, -0.2) is 11.5 Å². The molecule has 1 saturated heterocycles. The van der Waals surface area contributed by atoms with Gasteiger partial charge in [-0.15, -0.1) is 0 Å². The SMILES string of the molecule is Cc1cc(N2CCCC2c2ccco2)c2cccc(F)c2n1. The molecule has 0 radical (unpaired) electrons. The lowest BCUT2D eigenvalue weighted by Crippen LogP contribution is -2.22. The lowest BCUT2D eigenvalue weighted by molar-refractivity contribution is 0.465. The van der Waals surface area contributed by atoms with E-state index >= 15 is 0 Å². The van der Waals surface area contributed by atoms with E-state index in [1.54, 1.807) is 12.3 Å². The number of benzene rings is 1. The first-order valence-corrected chi connectivity index (χ1v) is 7.60. The predicted molar refractivity (Wildman–Crippen MR) is 84.5 cm³/mol. The number of para-hydroxylation sites is 1. The van der Waals surface area contributed by atoms with Crippen molar-refractivity contribution in [3.05, 3.63) is 59.9 Å². The van der Waals surface area contributed by atoms with E-state index in [4.69, 9.17) is 4.42 Å². The van der Waals surface area contributed by atoms with E-state index in [-0.39, 0.29) is 11.9 Å². The fourth-order valence-corrected chi connectivity index (χ4v) is 3.39. The van der Waals surface area contributed by atoms with Crippen LogP contribution in [0.1, 0.15) is 30.3 Å². The maximum Gasteiger partial charge on any atom is 0.149 e. The van der Waals surface area contributed by atoms with Crippen LogP contribution in [0.15, 0.2) is 47.1 Å². The highest BCUT2D eigenvalue weighted by Gasteiger charge is 2.29. The molecule has 112 valence electrons. The van der Waals surface area contributed by atoms with E-state index < -0.39 is 0 Å². The lowest BCUT2D eigenvalue weighted by atomic mass is 10.1. The van der Waals surface area contributed by atoms with Crippen LogP contribution < -0.4 is 4.90 Å². The van der Waals surface area contributed by atoms with Gasteiger partial charge < -0.3 is 9.32 Å². The molecule has 0 spiro atoms. The summed E-state index contributed by atoms with van der Waals surface area (Å²) in [6.45, 7) is 2.85. The molecule has 0 bridgehead atoms.